The Kier molecular flexibility index (Phi) is 54.1. The van der Waals surface area contributed by atoms with E-state index >= 15 is 0 Å². The second kappa shape index (κ2) is 24.1. The maximum Gasteiger partial charge on any atom is 0.199 e. The fourth-order valence-corrected chi connectivity index (χ4v) is 0.224. The van der Waals surface area contributed by atoms with Crippen LogP contribution < -0.4 is 4.89 Å². The second-order valence-corrected chi connectivity index (χ2v) is 7.12. The molecule has 0 aromatic carbocycles. The van der Waals surface area contributed by atoms with Crippen molar-refractivity contribution in [2.24, 2.45) is 0 Å². The van der Waals surface area contributed by atoms with Crippen LogP contribution in [0.2, 0.25) is 0 Å². The third-order valence-corrected chi connectivity index (χ3v) is 3.38. The minimum atomic E-state index is -3.56. The maximum atomic E-state index is 10.3. The van der Waals surface area contributed by atoms with Crippen molar-refractivity contribution in [2.75, 3.05) is 21.3 Å². The van der Waals surface area contributed by atoms with E-state index in [1.807, 2.05) is 13.8 Å². The molecular formula is C9H32O6P2S2-2. The average molecular weight is 362 g/mol. The molecule has 1 N–H and O–H groups in total. The highest BCUT2D eigenvalue weighted by Crippen LogP contribution is 2.42. The summed E-state index contributed by atoms with van der Waals surface area (Å²) in [4.78, 5) is 17.7. The topological polar surface area (TPSA) is 88.1 Å². The van der Waals surface area contributed by atoms with Crippen molar-refractivity contribution in [1.82, 2.24) is 0 Å². The van der Waals surface area contributed by atoms with E-state index in [4.69, 9.17) is 4.89 Å². The number of rotatable bonds is 3. The van der Waals surface area contributed by atoms with E-state index in [1.165, 1.54) is 14.2 Å². The molecule has 0 aromatic rings. The van der Waals surface area contributed by atoms with Crippen molar-refractivity contribution in [3.8, 4) is 0 Å². The number of hydrogen-bond donors (Lipinski definition) is 1. The van der Waals surface area contributed by atoms with Crippen LogP contribution in [0.4, 0.5) is 0 Å². The minimum absolute atomic E-state index is 0. The highest BCUT2D eigenvalue weighted by Gasteiger charge is 1.95. The summed E-state index contributed by atoms with van der Waals surface area (Å²) in [7, 11) is 3.59. The molecule has 0 spiro atoms. The van der Waals surface area contributed by atoms with Crippen LogP contribution in [0.3, 0.4) is 0 Å². The zero-order valence-electron chi connectivity index (χ0n) is 9.20. The monoisotopic (exact) mass is 362 g/mol. The first-order valence-corrected chi connectivity index (χ1v) is 8.85. The largest absolute Gasteiger partial charge is 0.780 e. The molecule has 0 radical (unpaired) electrons. The van der Waals surface area contributed by atoms with Crippen LogP contribution in [0.25, 0.3) is 0 Å². The Bertz CT molecular complexity index is 215. The molecule has 0 fully saturated rings. The van der Waals surface area contributed by atoms with Crippen LogP contribution in [0.1, 0.15) is 43.6 Å². The van der Waals surface area contributed by atoms with Crippen LogP contribution in [-0.2, 0) is 42.2 Å². The molecule has 0 saturated heterocycles. The lowest BCUT2D eigenvalue weighted by atomic mass is 11.0. The third-order valence-electron chi connectivity index (χ3n) is 0.678. The summed E-state index contributed by atoms with van der Waals surface area (Å²) < 4.78 is 22.7. The summed E-state index contributed by atoms with van der Waals surface area (Å²) >= 11 is 8.13. The first kappa shape index (κ1) is 42.7. The van der Waals surface area contributed by atoms with Crippen molar-refractivity contribution in [1.29, 1.82) is 0 Å². The van der Waals surface area contributed by atoms with E-state index in [0.29, 0.717) is 0 Å². The summed E-state index contributed by atoms with van der Waals surface area (Å²) in [6.45, 7) is -2.63. The van der Waals surface area contributed by atoms with E-state index in [-0.39, 0.29) is 29.7 Å². The Morgan fingerprint density at radius 2 is 1.16 bits per heavy atom. The second-order valence-electron chi connectivity index (χ2n) is 1.46. The van der Waals surface area contributed by atoms with Gasteiger partial charge in [-0.1, -0.05) is 55.4 Å². The van der Waals surface area contributed by atoms with Crippen molar-refractivity contribution in [3.05, 3.63) is 0 Å². The lowest BCUT2D eigenvalue weighted by Gasteiger charge is -2.17. The predicted octanol–water partition coefficient (Wildman–Crippen LogP) is 3.71. The van der Waals surface area contributed by atoms with Crippen molar-refractivity contribution >= 4 is 37.6 Å². The molecule has 1 atom stereocenters. The minimum Gasteiger partial charge on any atom is -0.780 e. The Labute approximate surface area is 130 Å². The van der Waals surface area contributed by atoms with Gasteiger partial charge in [-0.2, -0.15) is 0 Å². The zero-order valence-corrected chi connectivity index (χ0v) is 12.6. The predicted molar refractivity (Wildman–Crippen MR) is 90.8 cm³/mol. The lowest BCUT2D eigenvalue weighted by molar-refractivity contribution is -0.199. The van der Waals surface area contributed by atoms with Gasteiger partial charge in [0.25, 0.3) is 0 Å². The molecule has 1 unspecified atom stereocenters. The van der Waals surface area contributed by atoms with Gasteiger partial charge in [-0.15, -0.1) is 0 Å². The van der Waals surface area contributed by atoms with E-state index < -0.39 is 13.5 Å². The molecule has 0 aromatic heterocycles. The molecule has 6 nitrogen and oxygen atoms in total. The van der Waals surface area contributed by atoms with Crippen molar-refractivity contribution in [3.63, 3.8) is 0 Å². The SMILES string of the molecule is C.C.C.C.CC.COP(=O)([S-])OC.COP([O-])(O)=S. The average Bonchev–Trinajstić information content (AvgIpc) is 2.21. The van der Waals surface area contributed by atoms with E-state index in [1.54, 1.807) is 0 Å². The standard InChI is InChI=1S/C2H7O3PS.C2H6.CH5O3PS.4CH4/c1-4-6(3,7)5-2;1-2;1-4-5(2,3)6;;;;/h1-2H3,(H,3,7);1-2H3;1H3,(H2,2,3,6);4*1H4/p-2. The van der Waals surface area contributed by atoms with Gasteiger partial charge in [-0.05, 0) is 0 Å². The Balaban J connectivity index is -0.0000000226. The zero-order chi connectivity index (χ0) is 13.1. The van der Waals surface area contributed by atoms with E-state index in [9.17, 15) is 9.46 Å². The molecule has 0 rings (SSSR count). The maximum absolute atomic E-state index is 10.3. The van der Waals surface area contributed by atoms with E-state index in [0.717, 1.165) is 7.11 Å². The quantitative estimate of drug-likeness (QED) is 0.600. The van der Waals surface area contributed by atoms with Gasteiger partial charge >= 0.3 is 0 Å². The lowest BCUT2D eigenvalue weighted by Crippen LogP contribution is -1.98. The summed E-state index contributed by atoms with van der Waals surface area (Å²) in [5, 5.41) is 0. The van der Waals surface area contributed by atoms with Gasteiger partial charge in [0.05, 0.1) is 0 Å². The molecule has 0 aliphatic rings. The fraction of sp³-hybridized carbons (Fsp3) is 1.00. The van der Waals surface area contributed by atoms with Crippen LogP contribution in [0.15, 0.2) is 0 Å². The molecule has 0 bridgehead atoms. The third kappa shape index (κ3) is 54.9. The first-order chi connectivity index (χ1) is 6.68. The first-order valence-electron chi connectivity index (χ1n) is 3.70. The molecule has 0 heterocycles. The summed E-state index contributed by atoms with van der Waals surface area (Å²) in [6, 6.07) is 0. The summed E-state index contributed by atoms with van der Waals surface area (Å²) in [6.07, 6.45) is 0. The van der Waals surface area contributed by atoms with Crippen LogP contribution in [0, 0.1) is 0 Å². The Morgan fingerprint density at radius 3 is 1.16 bits per heavy atom. The van der Waals surface area contributed by atoms with Gasteiger partial charge in [0.15, 0.2) is 6.80 Å². The van der Waals surface area contributed by atoms with Gasteiger partial charge in [-0.25, -0.2) is 0 Å². The Hall–Kier alpha value is 1.03. The van der Waals surface area contributed by atoms with Gasteiger partial charge < -0.3 is 35.6 Å². The Morgan fingerprint density at radius 1 is 1.00 bits per heavy atom. The van der Waals surface area contributed by atoms with E-state index in [2.05, 4.69) is 37.6 Å². The summed E-state index contributed by atoms with van der Waals surface area (Å²) in [5.41, 5.74) is 0. The molecule has 0 saturated carbocycles. The van der Waals surface area contributed by atoms with Crippen LogP contribution >= 0.6 is 13.5 Å². The molecule has 128 valence electrons. The van der Waals surface area contributed by atoms with Gasteiger partial charge in [0.2, 0.25) is 0 Å². The summed E-state index contributed by atoms with van der Waals surface area (Å²) in [5.74, 6) is 0. The molecular weight excluding hydrogens is 330 g/mol. The normalized spacial score (nSPS) is 10.9. The van der Waals surface area contributed by atoms with Crippen molar-refractivity contribution in [2.45, 2.75) is 43.6 Å². The van der Waals surface area contributed by atoms with Crippen LogP contribution in [-0.4, -0.2) is 26.2 Å². The fourth-order valence-electron chi connectivity index (χ4n) is 0.0745. The van der Waals surface area contributed by atoms with Gasteiger partial charge in [-0.3, -0.25) is 4.57 Å². The molecule has 19 heavy (non-hydrogen) atoms. The highest BCUT2D eigenvalue weighted by molar-refractivity contribution is 8.32. The highest BCUT2D eigenvalue weighted by atomic mass is 32.7. The van der Waals surface area contributed by atoms with Gasteiger partial charge in [0, 0.05) is 21.3 Å². The molecule has 0 aliphatic carbocycles. The molecule has 0 amide bonds. The van der Waals surface area contributed by atoms with Crippen LogP contribution in [0.5, 0.6) is 0 Å². The molecule has 0 aliphatic heterocycles. The van der Waals surface area contributed by atoms with Crippen molar-refractivity contribution < 1.29 is 27.9 Å². The smallest absolute Gasteiger partial charge is 0.199 e. The van der Waals surface area contributed by atoms with Gasteiger partial charge in [0.1, 0.15) is 6.72 Å². The molecule has 10 heteroatoms. The number of hydrogen-bond acceptors (Lipinski definition) is 7.